The molecule has 0 fully saturated rings. The van der Waals surface area contributed by atoms with Crippen molar-refractivity contribution in [2.75, 3.05) is 14.2 Å². The Morgan fingerprint density at radius 2 is 2.00 bits per heavy atom. The van der Waals surface area contributed by atoms with E-state index in [1.807, 2.05) is 6.07 Å². The lowest BCUT2D eigenvalue weighted by Crippen LogP contribution is -1.89. The molecular weight excluding hydrogens is 220 g/mol. The highest BCUT2D eigenvalue weighted by atomic mass is 16.5. The van der Waals surface area contributed by atoms with Crippen LogP contribution in [0.15, 0.2) is 36.4 Å². The number of carboxylic acid groups (broad SMARTS) is 1. The normalized spacial score (nSPS) is 10.9. The predicted molar refractivity (Wildman–Crippen MR) is 65.4 cm³/mol. The molecule has 0 aliphatic heterocycles. The molecule has 0 spiro atoms. The molecule has 4 heteroatoms. The summed E-state index contributed by atoms with van der Waals surface area (Å²) in [4.78, 5) is 10.3. The minimum absolute atomic E-state index is 0.700. The first kappa shape index (κ1) is 12.8. The maximum Gasteiger partial charge on any atom is 0.328 e. The summed E-state index contributed by atoms with van der Waals surface area (Å²) in [5.74, 6) is 0.436. The first-order chi connectivity index (χ1) is 8.17. The van der Waals surface area contributed by atoms with Crippen LogP contribution in [0.5, 0.6) is 11.5 Å². The average molecular weight is 234 g/mol. The van der Waals surface area contributed by atoms with E-state index in [0.717, 1.165) is 11.6 Å². The molecule has 0 unspecified atom stereocenters. The number of ether oxygens (including phenoxy) is 2. The summed E-state index contributed by atoms with van der Waals surface area (Å²) in [5.41, 5.74) is 0.821. The van der Waals surface area contributed by atoms with Crippen molar-refractivity contribution in [3.8, 4) is 11.5 Å². The lowest BCUT2D eigenvalue weighted by molar-refractivity contribution is -0.131. The Morgan fingerprint density at radius 3 is 2.59 bits per heavy atom. The number of carbonyl (C=O) groups is 1. The van der Waals surface area contributed by atoms with Crippen LogP contribution in [0.1, 0.15) is 5.56 Å². The van der Waals surface area contributed by atoms with Gasteiger partial charge in [0, 0.05) is 11.6 Å². The zero-order valence-corrected chi connectivity index (χ0v) is 9.71. The fraction of sp³-hybridized carbons (Fsp3) is 0.154. The van der Waals surface area contributed by atoms with Crippen LogP contribution in [0.4, 0.5) is 0 Å². The second kappa shape index (κ2) is 6.37. The summed E-state index contributed by atoms with van der Waals surface area (Å²) in [6, 6.07) is 5.40. The fourth-order valence-electron chi connectivity index (χ4n) is 1.27. The van der Waals surface area contributed by atoms with Gasteiger partial charge >= 0.3 is 5.97 Å². The molecule has 1 aromatic carbocycles. The molecule has 90 valence electrons. The van der Waals surface area contributed by atoms with E-state index in [0.29, 0.717) is 11.5 Å². The number of methoxy groups -OCH3 is 2. The van der Waals surface area contributed by atoms with E-state index in [1.165, 1.54) is 6.08 Å². The van der Waals surface area contributed by atoms with Crippen LogP contribution in [0.2, 0.25) is 0 Å². The molecule has 1 aromatic rings. The minimum atomic E-state index is -0.979. The van der Waals surface area contributed by atoms with E-state index >= 15 is 0 Å². The van der Waals surface area contributed by atoms with Crippen molar-refractivity contribution in [3.05, 3.63) is 42.0 Å². The highest BCUT2D eigenvalue weighted by molar-refractivity contribution is 5.80. The Bertz CT molecular complexity index is 447. The third-order valence-corrected chi connectivity index (χ3v) is 2.06. The Labute approximate surface area is 99.8 Å². The van der Waals surface area contributed by atoms with Gasteiger partial charge in [0.05, 0.1) is 14.2 Å². The van der Waals surface area contributed by atoms with Crippen LogP contribution in [-0.4, -0.2) is 25.3 Å². The van der Waals surface area contributed by atoms with E-state index in [4.69, 9.17) is 14.6 Å². The molecule has 0 atom stereocenters. The number of hydrogen-bond acceptors (Lipinski definition) is 3. The van der Waals surface area contributed by atoms with Gasteiger partial charge in [0.15, 0.2) is 0 Å². The molecule has 0 aromatic heterocycles. The second-order valence-corrected chi connectivity index (χ2v) is 3.16. The van der Waals surface area contributed by atoms with Gasteiger partial charge in [0.1, 0.15) is 11.5 Å². The molecular formula is C13H14O4. The fourth-order valence-corrected chi connectivity index (χ4v) is 1.27. The monoisotopic (exact) mass is 234 g/mol. The van der Waals surface area contributed by atoms with Crippen LogP contribution < -0.4 is 9.47 Å². The first-order valence-electron chi connectivity index (χ1n) is 4.97. The molecule has 17 heavy (non-hydrogen) atoms. The zero-order chi connectivity index (χ0) is 12.7. The van der Waals surface area contributed by atoms with Crippen LogP contribution in [0, 0.1) is 0 Å². The minimum Gasteiger partial charge on any atom is -0.497 e. The van der Waals surface area contributed by atoms with Crippen molar-refractivity contribution in [1.82, 2.24) is 0 Å². The van der Waals surface area contributed by atoms with Crippen LogP contribution in [-0.2, 0) is 4.79 Å². The van der Waals surface area contributed by atoms with Gasteiger partial charge in [0.25, 0.3) is 0 Å². The molecule has 0 aliphatic carbocycles. The molecule has 1 N–H and O–H groups in total. The first-order valence-corrected chi connectivity index (χ1v) is 4.97. The Hall–Kier alpha value is -2.23. The lowest BCUT2D eigenvalue weighted by Gasteiger charge is -2.06. The van der Waals surface area contributed by atoms with Gasteiger partial charge in [0.2, 0.25) is 0 Å². The number of carboxylic acids is 1. The summed E-state index contributed by atoms with van der Waals surface area (Å²) in [7, 11) is 3.16. The number of benzene rings is 1. The Kier molecular flexibility index (Phi) is 4.81. The number of allylic oxidation sites excluding steroid dienone is 2. The number of hydrogen-bond donors (Lipinski definition) is 1. The van der Waals surface area contributed by atoms with Gasteiger partial charge < -0.3 is 14.6 Å². The topological polar surface area (TPSA) is 55.8 Å². The standard InChI is InChI=1S/C13H14O4/c1-16-11-7-8-12(17-2)10(9-11)5-3-4-6-13(14)15/h3-9H,1-2H3,(H,14,15)/b5-3+,6-4+. The predicted octanol–water partition coefficient (Wildman–Crippen LogP) is 2.36. The third-order valence-electron chi connectivity index (χ3n) is 2.06. The number of aliphatic carboxylic acids is 1. The highest BCUT2D eigenvalue weighted by Gasteiger charge is 2.00. The maximum atomic E-state index is 10.3. The summed E-state index contributed by atoms with van der Waals surface area (Å²) in [6.45, 7) is 0. The SMILES string of the molecule is COc1ccc(OC)c(/C=C/C=C/C(=O)O)c1. The van der Waals surface area contributed by atoms with Crippen molar-refractivity contribution in [1.29, 1.82) is 0 Å². The summed E-state index contributed by atoms with van der Waals surface area (Å²) in [5, 5.41) is 8.43. The van der Waals surface area contributed by atoms with Gasteiger partial charge in [-0.1, -0.05) is 18.2 Å². The van der Waals surface area contributed by atoms with Gasteiger partial charge in [-0.15, -0.1) is 0 Å². The summed E-state index contributed by atoms with van der Waals surface area (Å²) >= 11 is 0. The molecule has 0 saturated carbocycles. The van der Waals surface area contributed by atoms with E-state index in [2.05, 4.69) is 0 Å². The van der Waals surface area contributed by atoms with Crippen molar-refractivity contribution >= 4 is 12.0 Å². The molecule has 0 amide bonds. The van der Waals surface area contributed by atoms with Gasteiger partial charge in [-0.25, -0.2) is 4.79 Å². The van der Waals surface area contributed by atoms with E-state index in [1.54, 1.807) is 38.5 Å². The van der Waals surface area contributed by atoms with Crippen molar-refractivity contribution in [3.63, 3.8) is 0 Å². The van der Waals surface area contributed by atoms with Crippen molar-refractivity contribution < 1.29 is 19.4 Å². The molecule has 0 heterocycles. The van der Waals surface area contributed by atoms with Gasteiger partial charge in [-0.3, -0.25) is 0 Å². The van der Waals surface area contributed by atoms with Crippen molar-refractivity contribution in [2.45, 2.75) is 0 Å². The van der Waals surface area contributed by atoms with Crippen LogP contribution in [0.3, 0.4) is 0 Å². The zero-order valence-electron chi connectivity index (χ0n) is 9.71. The second-order valence-electron chi connectivity index (χ2n) is 3.16. The van der Waals surface area contributed by atoms with Gasteiger partial charge in [-0.05, 0) is 18.2 Å². The number of rotatable bonds is 5. The molecule has 0 aliphatic rings. The highest BCUT2D eigenvalue weighted by Crippen LogP contribution is 2.24. The summed E-state index contributed by atoms with van der Waals surface area (Å²) < 4.78 is 10.3. The lowest BCUT2D eigenvalue weighted by atomic mass is 10.1. The summed E-state index contributed by atoms with van der Waals surface area (Å²) in [6.07, 6.45) is 5.89. The van der Waals surface area contributed by atoms with E-state index < -0.39 is 5.97 Å². The molecule has 0 radical (unpaired) electrons. The van der Waals surface area contributed by atoms with Crippen LogP contribution in [0.25, 0.3) is 6.08 Å². The third kappa shape index (κ3) is 4.03. The van der Waals surface area contributed by atoms with E-state index in [-0.39, 0.29) is 0 Å². The molecule has 1 rings (SSSR count). The van der Waals surface area contributed by atoms with Crippen LogP contribution >= 0.6 is 0 Å². The smallest absolute Gasteiger partial charge is 0.328 e. The van der Waals surface area contributed by atoms with E-state index in [9.17, 15) is 4.79 Å². The van der Waals surface area contributed by atoms with Gasteiger partial charge in [-0.2, -0.15) is 0 Å². The Morgan fingerprint density at radius 1 is 1.24 bits per heavy atom. The quantitative estimate of drug-likeness (QED) is 0.627. The largest absolute Gasteiger partial charge is 0.497 e. The molecule has 0 saturated heterocycles. The average Bonchev–Trinajstić information content (AvgIpc) is 2.34. The Balaban J connectivity index is 2.91. The maximum absolute atomic E-state index is 10.3. The molecule has 4 nitrogen and oxygen atoms in total. The van der Waals surface area contributed by atoms with Crippen molar-refractivity contribution in [2.24, 2.45) is 0 Å². The molecule has 0 bridgehead atoms.